The van der Waals surface area contributed by atoms with Crippen molar-refractivity contribution in [2.24, 2.45) is 0 Å². The van der Waals surface area contributed by atoms with Gasteiger partial charge in [-0.3, -0.25) is 4.79 Å². The van der Waals surface area contributed by atoms with Gasteiger partial charge >= 0.3 is 5.97 Å². The molecule has 126 valence electrons. The molecule has 0 aliphatic carbocycles. The van der Waals surface area contributed by atoms with Gasteiger partial charge in [0.25, 0.3) is 0 Å². The first kappa shape index (κ1) is 17.3. The summed E-state index contributed by atoms with van der Waals surface area (Å²) in [5.41, 5.74) is 1.78. The fourth-order valence-corrected chi connectivity index (χ4v) is 2.17. The van der Waals surface area contributed by atoms with E-state index in [-0.39, 0.29) is 12.3 Å². The Morgan fingerprint density at radius 3 is 2.58 bits per heavy atom. The van der Waals surface area contributed by atoms with E-state index in [1.807, 2.05) is 24.3 Å². The molecule has 0 unspecified atom stereocenters. The van der Waals surface area contributed by atoms with Gasteiger partial charge in [-0.25, -0.2) is 4.79 Å². The van der Waals surface area contributed by atoms with E-state index in [9.17, 15) is 9.59 Å². The van der Waals surface area contributed by atoms with Crippen LogP contribution >= 0.6 is 0 Å². The molecule has 0 saturated carbocycles. The van der Waals surface area contributed by atoms with E-state index in [4.69, 9.17) is 4.74 Å². The molecule has 2 N–H and O–H groups in total. The standard InChI is InChI=1S/C18H20N2O4/c1-23-16-9-4-3-8-15(16)19-11-10-17(21)20-14-7-5-6-13(12-14)18(22)24-2/h3-9,12,19H,10-11H2,1-2H3,(H,20,21). The van der Waals surface area contributed by atoms with Gasteiger partial charge in [0, 0.05) is 18.7 Å². The minimum absolute atomic E-state index is 0.153. The Hall–Kier alpha value is -3.02. The van der Waals surface area contributed by atoms with Crippen LogP contribution in [0.4, 0.5) is 11.4 Å². The smallest absolute Gasteiger partial charge is 0.337 e. The maximum atomic E-state index is 12.0. The highest BCUT2D eigenvalue weighted by molar-refractivity contribution is 5.94. The number of carbonyl (C=O) groups excluding carboxylic acids is 2. The lowest BCUT2D eigenvalue weighted by atomic mass is 10.2. The molecule has 0 atom stereocenters. The quantitative estimate of drug-likeness (QED) is 0.764. The third kappa shape index (κ3) is 4.74. The second-order valence-corrected chi connectivity index (χ2v) is 5.00. The van der Waals surface area contributed by atoms with Crippen molar-refractivity contribution in [2.45, 2.75) is 6.42 Å². The number of esters is 1. The molecular weight excluding hydrogens is 308 g/mol. The third-order valence-electron chi connectivity index (χ3n) is 3.34. The van der Waals surface area contributed by atoms with E-state index in [0.29, 0.717) is 17.8 Å². The summed E-state index contributed by atoms with van der Waals surface area (Å²) in [6.07, 6.45) is 0.278. The van der Waals surface area contributed by atoms with Crippen molar-refractivity contribution in [2.75, 3.05) is 31.4 Å². The summed E-state index contributed by atoms with van der Waals surface area (Å²) in [5, 5.41) is 5.92. The number of rotatable bonds is 7. The molecule has 6 heteroatoms. The van der Waals surface area contributed by atoms with Crippen molar-refractivity contribution >= 4 is 23.3 Å². The molecule has 0 heterocycles. The van der Waals surface area contributed by atoms with Crippen LogP contribution < -0.4 is 15.4 Å². The van der Waals surface area contributed by atoms with E-state index in [1.54, 1.807) is 31.4 Å². The maximum Gasteiger partial charge on any atom is 0.337 e. The van der Waals surface area contributed by atoms with E-state index in [2.05, 4.69) is 15.4 Å². The molecule has 0 spiro atoms. The molecule has 24 heavy (non-hydrogen) atoms. The van der Waals surface area contributed by atoms with Crippen molar-refractivity contribution in [3.8, 4) is 5.75 Å². The average Bonchev–Trinajstić information content (AvgIpc) is 2.61. The summed E-state index contributed by atoms with van der Waals surface area (Å²) in [6.45, 7) is 0.461. The molecule has 1 amide bonds. The average molecular weight is 328 g/mol. The zero-order valence-electron chi connectivity index (χ0n) is 13.7. The van der Waals surface area contributed by atoms with Crippen molar-refractivity contribution in [3.63, 3.8) is 0 Å². The first-order valence-electron chi connectivity index (χ1n) is 7.49. The summed E-state index contributed by atoms with van der Waals surface area (Å²) >= 11 is 0. The van der Waals surface area contributed by atoms with Crippen molar-refractivity contribution in [1.82, 2.24) is 0 Å². The van der Waals surface area contributed by atoms with Crippen molar-refractivity contribution in [1.29, 1.82) is 0 Å². The first-order chi connectivity index (χ1) is 11.6. The molecule has 0 radical (unpaired) electrons. The van der Waals surface area contributed by atoms with Gasteiger partial charge in [0.1, 0.15) is 5.75 Å². The number of benzene rings is 2. The number of hydrogen-bond acceptors (Lipinski definition) is 5. The van der Waals surface area contributed by atoms with Gasteiger partial charge < -0.3 is 20.1 Å². The molecular formula is C18H20N2O4. The molecule has 2 aromatic carbocycles. The molecule has 0 fully saturated rings. The Morgan fingerprint density at radius 1 is 1.04 bits per heavy atom. The number of amides is 1. The molecule has 0 saturated heterocycles. The number of anilines is 2. The largest absolute Gasteiger partial charge is 0.495 e. The predicted octanol–water partition coefficient (Wildman–Crippen LogP) is 2.92. The molecule has 0 aliphatic heterocycles. The van der Waals surface area contributed by atoms with Crippen LogP contribution in [0.1, 0.15) is 16.8 Å². The second-order valence-electron chi connectivity index (χ2n) is 5.00. The summed E-state index contributed by atoms with van der Waals surface area (Å²) in [4.78, 5) is 23.5. The zero-order chi connectivity index (χ0) is 17.4. The van der Waals surface area contributed by atoms with Gasteiger partial charge in [-0.2, -0.15) is 0 Å². The second kappa shape index (κ2) is 8.57. The third-order valence-corrected chi connectivity index (χ3v) is 3.34. The van der Waals surface area contributed by atoms with E-state index >= 15 is 0 Å². The molecule has 6 nitrogen and oxygen atoms in total. The fourth-order valence-electron chi connectivity index (χ4n) is 2.17. The zero-order valence-corrected chi connectivity index (χ0v) is 13.7. The predicted molar refractivity (Wildman–Crippen MR) is 92.5 cm³/mol. The lowest BCUT2D eigenvalue weighted by molar-refractivity contribution is -0.115. The van der Waals surface area contributed by atoms with Crippen LogP contribution in [0.2, 0.25) is 0 Å². The Bertz CT molecular complexity index is 716. The normalized spacial score (nSPS) is 9.92. The lowest BCUT2D eigenvalue weighted by Gasteiger charge is -2.11. The highest BCUT2D eigenvalue weighted by Crippen LogP contribution is 2.22. The van der Waals surface area contributed by atoms with Crippen LogP contribution in [0.5, 0.6) is 5.75 Å². The Labute approximate surface area is 140 Å². The van der Waals surface area contributed by atoms with Gasteiger partial charge in [0.05, 0.1) is 25.5 Å². The van der Waals surface area contributed by atoms with Crippen molar-refractivity contribution in [3.05, 3.63) is 54.1 Å². The van der Waals surface area contributed by atoms with Gasteiger partial charge in [0.15, 0.2) is 0 Å². The van der Waals surface area contributed by atoms with Crippen LogP contribution in [0.3, 0.4) is 0 Å². The van der Waals surface area contributed by atoms with Crippen LogP contribution in [0.15, 0.2) is 48.5 Å². The highest BCUT2D eigenvalue weighted by Gasteiger charge is 2.08. The SMILES string of the molecule is COC(=O)c1cccc(NC(=O)CCNc2ccccc2OC)c1. The van der Waals surface area contributed by atoms with E-state index in [0.717, 1.165) is 11.4 Å². The highest BCUT2D eigenvalue weighted by atomic mass is 16.5. The Balaban J connectivity index is 1.86. The van der Waals surface area contributed by atoms with Gasteiger partial charge in [-0.1, -0.05) is 18.2 Å². The first-order valence-corrected chi connectivity index (χ1v) is 7.49. The molecule has 0 aromatic heterocycles. The number of nitrogens with one attached hydrogen (secondary N) is 2. The number of ether oxygens (including phenoxy) is 2. The minimum Gasteiger partial charge on any atom is -0.495 e. The number of methoxy groups -OCH3 is 2. The van der Waals surface area contributed by atoms with Crippen molar-refractivity contribution < 1.29 is 19.1 Å². The molecule has 0 bridgehead atoms. The monoisotopic (exact) mass is 328 g/mol. The molecule has 0 aliphatic rings. The minimum atomic E-state index is -0.441. The van der Waals surface area contributed by atoms with Crippen LogP contribution in [-0.4, -0.2) is 32.6 Å². The van der Waals surface area contributed by atoms with Gasteiger partial charge in [-0.05, 0) is 30.3 Å². The fraction of sp³-hybridized carbons (Fsp3) is 0.222. The maximum absolute atomic E-state index is 12.0. The molecule has 2 aromatic rings. The van der Waals surface area contributed by atoms with E-state index < -0.39 is 5.97 Å². The number of para-hydroxylation sites is 2. The number of hydrogen-bond donors (Lipinski definition) is 2. The molecule has 2 rings (SSSR count). The van der Waals surface area contributed by atoms with Crippen LogP contribution in [-0.2, 0) is 9.53 Å². The number of carbonyl (C=O) groups is 2. The summed E-state index contributed by atoms with van der Waals surface area (Å²) in [7, 11) is 2.92. The Morgan fingerprint density at radius 2 is 1.83 bits per heavy atom. The van der Waals surface area contributed by atoms with Crippen LogP contribution in [0.25, 0.3) is 0 Å². The Kier molecular flexibility index (Phi) is 6.19. The van der Waals surface area contributed by atoms with E-state index in [1.165, 1.54) is 7.11 Å². The van der Waals surface area contributed by atoms with Gasteiger partial charge in [0.2, 0.25) is 5.91 Å². The summed E-state index contributed by atoms with van der Waals surface area (Å²) in [5.74, 6) is 0.132. The topological polar surface area (TPSA) is 76.7 Å². The van der Waals surface area contributed by atoms with Gasteiger partial charge in [-0.15, -0.1) is 0 Å². The lowest BCUT2D eigenvalue weighted by Crippen LogP contribution is -2.16. The van der Waals surface area contributed by atoms with Crippen LogP contribution in [0, 0.1) is 0 Å². The summed E-state index contributed by atoms with van der Waals surface area (Å²) < 4.78 is 9.90. The summed E-state index contributed by atoms with van der Waals surface area (Å²) in [6, 6.07) is 14.1.